The van der Waals surface area contributed by atoms with E-state index in [-0.39, 0.29) is 5.54 Å². The lowest BCUT2D eigenvalue weighted by molar-refractivity contribution is 0.367. The van der Waals surface area contributed by atoms with Crippen molar-refractivity contribution in [1.29, 1.82) is 0 Å². The smallest absolute Gasteiger partial charge is 0.126 e. The van der Waals surface area contributed by atoms with Crippen LogP contribution in [0.5, 0.6) is 5.75 Å². The van der Waals surface area contributed by atoms with E-state index >= 15 is 0 Å². The summed E-state index contributed by atoms with van der Waals surface area (Å²) >= 11 is 0. The molecule has 0 aliphatic heterocycles. The van der Waals surface area contributed by atoms with Gasteiger partial charge in [0.1, 0.15) is 12.4 Å². The average Bonchev–Trinajstić information content (AvgIpc) is 3.48. The first-order valence-corrected chi connectivity index (χ1v) is 20.8. The van der Waals surface area contributed by atoms with Crippen LogP contribution in [0.4, 0.5) is 0 Å². The Balaban J connectivity index is 1.49. The Morgan fingerprint density at radius 3 is 1.65 bits per heavy atom. The predicted molar refractivity (Wildman–Crippen MR) is 213 cm³/mol. The first-order chi connectivity index (χ1) is 23.8. The summed E-state index contributed by atoms with van der Waals surface area (Å²) in [5.74, 6) is 1.00. The van der Waals surface area contributed by atoms with Gasteiger partial charge in [0.2, 0.25) is 0 Å². The van der Waals surface area contributed by atoms with Crippen molar-refractivity contribution in [3.05, 3.63) is 168 Å². The molecule has 0 saturated heterocycles. The minimum atomic E-state index is -2.39. The van der Waals surface area contributed by atoms with Crippen LogP contribution in [0.15, 0.2) is 140 Å². The summed E-state index contributed by atoms with van der Waals surface area (Å²) in [6.45, 7) is 16.3. The van der Waals surface area contributed by atoms with E-state index in [1.165, 1.54) is 71.9 Å². The Morgan fingerprint density at radius 1 is 0.592 bits per heavy atom. The molecule has 0 spiro atoms. The van der Waals surface area contributed by atoms with Gasteiger partial charge in [0.25, 0.3) is 0 Å². The summed E-state index contributed by atoms with van der Waals surface area (Å²) in [7, 11) is -2.39. The summed E-state index contributed by atoms with van der Waals surface area (Å²) in [6.07, 6.45) is 3.88. The second-order valence-electron chi connectivity index (χ2n) is 13.9. The molecule has 0 N–H and O–H groups in total. The van der Waals surface area contributed by atoms with Crippen molar-refractivity contribution in [2.24, 2.45) is 0 Å². The highest BCUT2D eigenvalue weighted by molar-refractivity contribution is 6.92. The Kier molecular flexibility index (Phi) is 9.01. The Morgan fingerprint density at radius 2 is 1.12 bits per heavy atom. The fraction of sp³-hybridized carbons (Fsp3) is 0.191. The fourth-order valence-electron chi connectivity index (χ4n) is 8.13. The zero-order valence-corrected chi connectivity index (χ0v) is 30.5. The van der Waals surface area contributed by atoms with Crippen LogP contribution in [0.2, 0.25) is 13.1 Å². The van der Waals surface area contributed by atoms with Crippen molar-refractivity contribution < 1.29 is 4.74 Å². The first kappa shape index (κ1) is 32.6. The summed E-state index contributed by atoms with van der Waals surface area (Å²) in [4.78, 5) is 0. The maximum atomic E-state index is 6.71. The molecule has 6 aromatic rings. The Labute approximate surface area is 294 Å². The average molecular weight is 655 g/mol. The quantitative estimate of drug-likeness (QED) is 0.105. The standard InChI is InChI=1S/C47H46OSi/c1-7-27-48-46-42(35-19-11-10-12-20-35)28-32(4)29-45(46)49(5,6)47-43-30-36(38-21-15-13-17-33(38)8-2)23-25-40(43)41-26-24-37(31-44(41)47)39-22-16-14-18-34(39)9-3/h7,10-26,28-31,47H,1,8-9,27H2,2-6H3. The molecule has 49 heavy (non-hydrogen) atoms. The number of ether oxygens (including phenoxy) is 1. The molecule has 0 bridgehead atoms. The molecule has 2 heteroatoms. The molecular formula is C47H46OSi. The molecule has 0 saturated carbocycles. The molecule has 1 aliphatic rings. The second kappa shape index (κ2) is 13.5. The first-order valence-electron chi connectivity index (χ1n) is 17.7. The normalized spacial score (nSPS) is 12.4. The highest BCUT2D eigenvalue weighted by atomic mass is 28.3. The number of benzene rings is 6. The number of hydrogen-bond donors (Lipinski definition) is 0. The molecule has 0 unspecified atom stereocenters. The van der Waals surface area contributed by atoms with E-state index in [9.17, 15) is 0 Å². The molecule has 0 fully saturated rings. The Bertz CT molecular complexity index is 2060. The van der Waals surface area contributed by atoms with E-state index in [2.05, 4.69) is 168 Å². The molecule has 0 radical (unpaired) electrons. The van der Waals surface area contributed by atoms with E-state index < -0.39 is 8.07 Å². The molecule has 0 heterocycles. The van der Waals surface area contributed by atoms with Gasteiger partial charge in [-0.2, -0.15) is 0 Å². The van der Waals surface area contributed by atoms with Gasteiger partial charge in [-0.3, -0.25) is 0 Å². The molecule has 6 aromatic carbocycles. The summed E-state index contributed by atoms with van der Waals surface area (Å²) in [5.41, 5.74) is 17.5. The molecular weight excluding hydrogens is 609 g/mol. The van der Waals surface area contributed by atoms with Crippen molar-refractivity contribution in [2.45, 2.75) is 52.2 Å². The number of aryl methyl sites for hydroxylation is 3. The summed E-state index contributed by atoms with van der Waals surface area (Å²) in [5, 5.41) is 1.36. The van der Waals surface area contributed by atoms with Crippen LogP contribution >= 0.6 is 0 Å². The molecule has 0 amide bonds. The maximum absolute atomic E-state index is 6.71. The third-order valence-corrected chi connectivity index (χ3v) is 14.3. The van der Waals surface area contributed by atoms with Crippen molar-refractivity contribution in [2.75, 3.05) is 6.61 Å². The minimum Gasteiger partial charge on any atom is -0.489 e. The summed E-state index contributed by atoms with van der Waals surface area (Å²) < 4.78 is 6.71. The third-order valence-electron chi connectivity index (χ3n) is 10.5. The highest BCUT2D eigenvalue weighted by Crippen LogP contribution is 2.52. The van der Waals surface area contributed by atoms with Gasteiger partial charge in [0, 0.05) is 11.1 Å². The number of rotatable bonds is 10. The zero-order valence-electron chi connectivity index (χ0n) is 29.5. The lowest BCUT2D eigenvalue weighted by Crippen LogP contribution is -2.48. The van der Waals surface area contributed by atoms with Crippen LogP contribution in [0, 0.1) is 6.92 Å². The van der Waals surface area contributed by atoms with E-state index in [4.69, 9.17) is 4.74 Å². The van der Waals surface area contributed by atoms with Crippen LogP contribution in [0.3, 0.4) is 0 Å². The predicted octanol–water partition coefficient (Wildman–Crippen LogP) is 12.0. The van der Waals surface area contributed by atoms with Gasteiger partial charge in [0.05, 0.1) is 8.07 Å². The number of fused-ring (bicyclic) bond motifs is 3. The molecule has 0 aromatic heterocycles. The molecule has 1 aliphatic carbocycles. The van der Waals surface area contributed by atoms with Crippen molar-refractivity contribution >= 4 is 13.3 Å². The van der Waals surface area contributed by atoms with Crippen LogP contribution in [0.1, 0.15) is 47.2 Å². The van der Waals surface area contributed by atoms with Crippen LogP contribution < -0.4 is 9.92 Å². The van der Waals surface area contributed by atoms with Gasteiger partial charge in [-0.25, -0.2) is 0 Å². The topological polar surface area (TPSA) is 9.23 Å². The monoisotopic (exact) mass is 654 g/mol. The molecule has 244 valence electrons. The van der Waals surface area contributed by atoms with E-state index in [1.807, 2.05) is 6.08 Å². The SMILES string of the molecule is C=CCOc1c(-c2ccccc2)cc(C)cc1[Si](C)(C)C1c2cc(-c3ccccc3CC)ccc2-c2ccc(-c3ccccc3CC)cc21. The largest absolute Gasteiger partial charge is 0.489 e. The second-order valence-corrected chi connectivity index (χ2v) is 18.5. The van der Waals surface area contributed by atoms with Crippen molar-refractivity contribution in [1.82, 2.24) is 0 Å². The van der Waals surface area contributed by atoms with Crippen LogP contribution in [-0.4, -0.2) is 14.7 Å². The lowest BCUT2D eigenvalue weighted by Gasteiger charge is -2.35. The minimum absolute atomic E-state index is 0.233. The van der Waals surface area contributed by atoms with Gasteiger partial charge >= 0.3 is 0 Å². The maximum Gasteiger partial charge on any atom is 0.126 e. The molecule has 0 atom stereocenters. The molecule has 1 nitrogen and oxygen atoms in total. The van der Waals surface area contributed by atoms with Gasteiger partial charge in [-0.1, -0.05) is 166 Å². The van der Waals surface area contributed by atoms with Gasteiger partial charge in [0.15, 0.2) is 0 Å². The van der Waals surface area contributed by atoms with Crippen LogP contribution in [0.25, 0.3) is 44.5 Å². The number of hydrogen-bond acceptors (Lipinski definition) is 1. The van der Waals surface area contributed by atoms with Crippen LogP contribution in [-0.2, 0) is 12.8 Å². The fourth-order valence-corrected chi connectivity index (χ4v) is 11.9. The van der Waals surface area contributed by atoms with Crippen molar-refractivity contribution in [3.63, 3.8) is 0 Å². The van der Waals surface area contributed by atoms with Gasteiger partial charge < -0.3 is 4.74 Å². The van der Waals surface area contributed by atoms with E-state index in [0.29, 0.717) is 6.61 Å². The van der Waals surface area contributed by atoms with Gasteiger partial charge in [-0.05, 0) is 92.2 Å². The third kappa shape index (κ3) is 5.89. The van der Waals surface area contributed by atoms with E-state index in [0.717, 1.165) is 24.2 Å². The van der Waals surface area contributed by atoms with Crippen molar-refractivity contribution in [3.8, 4) is 50.3 Å². The van der Waals surface area contributed by atoms with Gasteiger partial charge in [-0.15, -0.1) is 0 Å². The zero-order chi connectivity index (χ0) is 34.1. The lowest BCUT2D eigenvalue weighted by atomic mass is 9.94. The highest BCUT2D eigenvalue weighted by Gasteiger charge is 2.44. The van der Waals surface area contributed by atoms with E-state index in [1.54, 1.807) is 0 Å². The Hall–Kier alpha value is -4.92. The summed E-state index contributed by atoms with van der Waals surface area (Å²) in [6, 6.07) is 47.7. The molecule has 7 rings (SSSR count).